The van der Waals surface area contributed by atoms with Gasteiger partial charge in [-0.1, -0.05) is 41.5 Å². The fourth-order valence-corrected chi connectivity index (χ4v) is 7.33. The Morgan fingerprint density at radius 2 is 1.46 bits per heavy atom. The van der Waals surface area contributed by atoms with E-state index in [-0.39, 0.29) is 22.4 Å². The molecule has 136 valence electrons. The molecule has 4 rings (SSSR count). The second-order valence-electron chi connectivity index (χ2n) is 12.1. The van der Waals surface area contributed by atoms with Gasteiger partial charge in [0.15, 0.2) is 0 Å². The van der Waals surface area contributed by atoms with Crippen molar-refractivity contribution in [3.63, 3.8) is 0 Å². The van der Waals surface area contributed by atoms with Crippen LogP contribution in [0.2, 0.25) is 0 Å². The van der Waals surface area contributed by atoms with E-state index in [2.05, 4.69) is 55.4 Å². The Bertz CT molecular complexity index is 568. The van der Waals surface area contributed by atoms with E-state index < -0.39 is 5.41 Å². The Hall–Kier alpha value is -0.530. The largest absolute Gasteiger partial charge is 0.458 e. The number of hydrogen-bond acceptors (Lipinski definition) is 2. The Balaban J connectivity index is 1.54. The van der Waals surface area contributed by atoms with Gasteiger partial charge in [-0.3, -0.25) is 4.79 Å². The Labute approximate surface area is 148 Å². The lowest BCUT2D eigenvalue weighted by molar-refractivity contribution is -0.456. The summed E-state index contributed by atoms with van der Waals surface area (Å²) in [6, 6.07) is 0. The highest BCUT2D eigenvalue weighted by Gasteiger charge is 2.89. The molecular formula is C22H36O2. The maximum Gasteiger partial charge on any atom is 0.312 e. The average Bonchev–Trinajstić information content (AvgIpc) is 2.30. The first-order valence-electron chi connectivity index (χ1n) is 10.0. The van der Waals surface area contributed by atoms with Crippen LogP contribution in [0, 0.1) is 45.3 Å². The van der Waals surface area contributed by atoms with Crippen LogP contribution in [-0.4, -0.2) is 11.6 Å². The van der Waals surface area contributed by atoms with Crippen LogP contribution in [0.1, 0.15) is 81.1 Å². The van der Waals surface area contributed by atoms with Crippen LogP contribution < -0.4 is 0 Å². The van der Waals surface area contributed by atoms with Gasteiger partial charge in [-0.2, -0.15) is 0 Å². The van der Waals surface area contributed by atoms with Crippen LogP contribution in [0.3, 0.4) is 0 Å². The van der Waals surface area contributed by atoms with E-state index in [1.54, 1.807) is 0 Å². The lowest BCUT2D eigenvalue weighted by Gasteiger charge is -2.90. The van der Waals surface area contributed by atoms with Crippen molar-refractivity contribution >= 4 is 5.97 Å². The standard InChI is InChI=1S/C22H36O2/c1-18(2,3)12-20(7,19(4,5)6)17(23)24-21(8)15-10-13-9-14-11-16(21)22(13,14)15/h13-16H,9-12H2,1-8H3. The molecule has 1 spiro atoms. The third kappa shape index (κ3) is 1.67. The molecule has 0 aliphatic heterocycles. The van der Waals surface area contributed by atoms with Gasteiger partial charge in [0.05, 0.1) is 5.41 Å². The van der Waals surface area contributed by atoms with E-state index in [0.717, 1.165) is 18.3 Å². The van der Waals surface area contributed by atoms with Crippen LogP contribution in [-0.2, 0) is 9.53 Å². The molecule has 0 bridgehead atoms. The number of hydrogen-bond donors (Lipinski definition) is 0. The number of esters is 1. The summed E-state index contributed by atoms with van der Waals surface area (Å²) in [5, 5.41) is 0. The number of rotatable bonds is 3. The fourth-order valence-electron chi connectivity index (χ4n) is 7.33. The number of ether oxygens (including phenoxy) is 1. The molecule has 0 heterocycles. The molecule has 0 amide bonds. The second-order valence-corrected chi connectivity index (χ2v) is 12.1. The van der Waals surface area contributed by atoms with Crippen LogP contribution in [0.5, 0.6) is 0 Å². The van der Waals surface area contributed by atoms with Crippen molar-refractivity contribution in [1.82, 2.24) is 0 Å². The van der Waals surface area contributed by atoms with Gasteiger partial charge in [0.25, 0.3) is 0 Å². The molecule has 2 heteroatoms. The summed E-state index contributed by atoms with van der Waals surface area (Å²) in [7, 11) is 0. The molecule has 0 aromatic carbocycles. The van der Waals surface area contributed by atoms with Gasteiger partial charge in [-0.05, 0) is 67.6 Å². The van der Waals surface area contributed by atoms with Gasteiger partial charge in [-0.25, -0.2) is 0 Å². The minimum atomic E-state index is -0.442. The van der Waals surface area contributed by atoms with Crippen molar-refractivity contribution < 1.29 is 9.53 Å². The van der Waals surface area contributed by atoms with Crippen molar-refractivity contribution in [1.29, 1.82) is 0 Å². The average molecular weight is 333 g/mol. The molecule has 4 fully saturated rings. The van der Waals surface area contributed by atoms with E-state index in [0.29, 0.717) is 17.3 Å². The SMILES string of the molecule is CC(C)(C)CC(C)(C(=O)OC1(C)C2CC3CC4CC1C342)C(C)(C)C. The summed E-state index contributed by atoms with van der Waals surface area (Å²) < 4.78 is 6.40. The second kappa shape index (κ2) is 4.23. The van der Waals surface area contributed by atoms with Gasteiger partial charge in [0.2, 0.25) is 0 Å². The van der Waals surface area contributed by atoms with E-state index >= 15 is 0 Å². The first kappa shape index (κ1) is 16.9. The molecule has 0 saturated heterocycles. The molecule has 4 aliphatic rings. The zero-order chi connectivity index (χ0) is 17.9. The fraction of sp³-hybridized carbons (Fsp3) is 0.955. The molecule has 0 aromatic heterocycles. The van der Waals surface area contributed by atoms with E-state index in [9.17, 15) is 4.79 Å². The highest BCUT2D eigenvalue weighted by atomic mass is 16.6. The predicted octanol–water partition coefficient (Wildman–Crippen LogP) is 5.45. The van der Waals surface area contributed by atoms with E-state index in [4.69, 9.17) is 4.74 Å². The molecule has 0 radical (unpaired) electrons. The van der Waals surface area contributed by atoms with Crippen molar-refractivity contribution in [2.45, 2.75) is 86.7 Å². The van der Waals surface area contributed by atoms with Crippen LogP contribution >= 0.6 is 0 Å². The highest BCUT2D eigenvalue weighted by molar-refractivity contribution is 5.78. The smallest absolute Gasteiger partial charge is 0.312 e. The summed E-state index contributed by atoms with van der Waals surface area (Å²) in [6.45, 7) is 17.6. The van der Waals surface area contributed by atoms with Gasteiger partial charge >= 0.3 is 5.97 Å². The van der Waals surface area contributed by atoms with Crippen LogP contribution in [0.25, 0.3) is 0 Å². The molecule has 2 nitrogen and oxygen atoms in total. The summed E-state index contributed by atoms with van der Waals surface area (Å²) in [4.78, 5) is 13.4. The molecule has 24 heavy (non-hydrogen) atoms. The highest BCUT2D eigenvalue weighted by Crippen LogP contribution is 2.91. The first-order chi connectivity index (χ1) is 10.8. The zero-order valence-electron chi connectivity index (χ0n) is 17.0. The third-order valence-corrected chi connectivity index (χ3v) is 8.92. The molecule has 5 unspecified atom stereocenters. The molecule has 0 aromatic rings. The minimum absolute atomic E-state index is 0.0495. The molecule has 4 aliphatic carbocycles. The van der Waals surface area contributed by atoms with Gasteiger partial charge in [0, 0.05) is 11.8 Å². The van der Waals surface area contributed by atoms with Crippen LogP contribution in [0.15, 0.2) is 0 Å². The molecule has 0 N–H and O–H groups in total. The third-order valence-electron chi connectivity index (χ3n) is 8.92. The van der Waals surface area contributed by atoms with Crippen molar-refractivity contribution in [2.24, 2.45) is 45.3 Å². The maximum absolute atomic E-state index is 13.4. The Kier molecular flexibility index (Phi) is 2.98. The zero-order valence-corrected chi connectivity index (χ0v) is 17.0. The monoisotopic (exact) mass is 332 g/mol. The topological polar surface area (TPSA) is 26.3 Å². The number of carbonyl (C=O) groups excluding carboxylic acids is 1. The van der Waals surface area contributed by atoms with Crippen LogP contribution in [0.4, 0.5) is 0 Å². The van der Waals surface area contributed by atoms with E-state index in [1.165, 1.54) is 19.3 Å². The Morgan fingerprint density at radius 3 is 1.83 bits per heavy atom. The summed E-state index contributed by atoms with van der Waals surface area (Å²) in [5.74, 6) is 3.32. The molecule has 4 saturated carbocycles. The van der Waals surface area contributed by atoms with Gasteiger partial charge in [-0.15, -0.1) is 0 Å². The van der Waals surface area contributed by atoms with Crippen molar-refractivity contribution in [3.05, 3.63) is 0 Å². The normalized spacial score (nSPS) is 47.7. The maximum atomic E-state index is 13.4. The first-order valence-corrected chi connectivity index (χ1v) is 10.0. The lowest BCUT2D eigenvalue weighted by atomic mass is 9.15. The molecule has 5 atom stereocenters. The number of carbonyl (C=O) groups is 1. The predicted molar refractivity (Wildman–Crippen MR) is 96.4 cm³/mol. The van der Waals surface area contributed by atoms with Crippen molar-refractivity contribution in [3.8, 4) is 0 Å². The lowest BCUT2D eigenvalue weighted by Crippen LogP contribution is -2.90. The van der Waals surface area contributed by atoms with Gasteiger partial charge < -0.3 is 4.74 Å². The summed E-state index contributed by atoms with van der Waals surface area (Å²) in [6.07, 6.45) is 4.94. The summed E-state index contributed by atoms with van der Waals surface area (Å²) >= 11 is 0. The van der Waals surface area contributed by atoms with Gasteiger partial charge in [0.1, 0.15) is 5.60 Å². The van der Waals surface area contributed by atoms with Crippen molar-refractivity contribution in [2.75, 3.05) is 0 Å². The van der Waals surface area contributed by atoms with E-state index in [1.807, 2.05) is 0 Å². The minimum Gasteiger partial charge on any atom is -0.458 e. The quantitative estimate of drug-likeness (QED) is 0.642. The summed E-state index contributed by atoms with van der Waals surface area (Å²) in [5.41, 5.74) is 0.0326. The Morgan fingerprint density at radius 1 is 0.958 bits per heavy atom. The molecular weight excluding hydrogens is 296 g/mol.